The molecule has 1 atom stereocenters. The van der Waals surface area contributed by atoms with Crippen LogP contribution in [0.3, 0.4) is 0 Å². The number of carbonyl (C=O) groups is 2. The summed E-state index contributed by atoms with van der Waals surface area (Å²) in [4.78, 5) is 24.1. The van der Waals surface area contributed by atoms with Crippen molar-refractivity contribution in [3.8, 4) is 0 Å². The van der Waals surface area contributed by atoms with Crippen LogP contribution in [0, 0.1) is 5.92 Å². The van der Waals surface area contributed by atoms with E-state index in [-0.39, 0.29) is 19.1 Å². The van der Waals surface area contributed by atoms with Crippen LogP contribution in [-0.4, -0.2) is 52.9 Å². The molecule has 0 aromatic carbocycles. The van der Waals surface area contributed by atoms with Crippen molar-refractivity contribution in [3.63, 3.8) is 0 Å². The van der Waals surface area contributed by atoms with Crippen LogP contribution in [0.1, 0.15) is 27.2 Å². The summed E-state index contributed by atoms with van der Waals surface area (Å²) in [6, 6.07) is -1.34. The first-order valence-corrected chi connectivity index (χ1v) is 5.83. The van der Waals surface area contributed by atoms with Crippen LogP contribution in [0.15, 0.2) is 0 Å². The first kappa shape index (κ1) is 15.7. The average molecular weight is 246 g/mol. The van der Waals surface area contributed by atoms with Crippen molar-refractivity contribution in [2.24, 2.45) is 5.92 Å². The molecule has 0 saturated carbocycles. The molecule has 0 unspecified atom stereocenters. The van der Waals surface area contributed by atoms with Gasteiger partial charge in [-0.25, -0.2) is 9.59 Å². The van der Waals surface area contributed by atoms with E-state index in [2.05, 4.69) is 5.32 Å². The van der Waals surface area contributed by atoms with Gasteiger partial charge in [-0.05, 0) is 12.3 Å². The number of amides is 2. The van der Waals surface area contributed by atoms with Gasteiger partial charge in [0.15, 0.2) is 0 Å². The van der Waals surface area contributed by atoms with Gasteiger partial charge in [-0.3, -0.25) is 0 Å². The molecule has 0 aliphatic heterocycles. The second-order valence-electron chi connectivity index (χ2n) is 4.22. The molecular weight excluding hydrogens is 224 g/mol. The van der Waals surface area contributed by atoms with Gasteiger partial charge in [0.1, 0.15) is 6.04 Å². The quantitative estimate of drug-likeness (QED) is 0.610. The topological polar surface area (TPSA) is 89.9 Å². The first-order valence-electron chi connectivity index (χ1n) is 5.83. The molecule has 2 amide bonds. The predicted octanol–water partition coefficient (Wildman–Crippen LogP) is 0.509. The lowest BCUT2D eigenvalue weighted by Crippen LogP contribution is -2.50. The van der Waals surface area contributed by atoms with Crippen LogP contribution in [0.4, 0.5) is 4.79 Å². The molecule has 0 spiro atoms. The number of aliphatic hydroxyl groups excluding tert-OH is 1. The van der Waals surface area contributed by atoms with E-state index in [1.165, 1.54) is 4.90 Å². The Hall–Kier alpha value is -1.30. The number of hydrogen-bond acceptors (Lipinski definition) is 3. The minimum atomic E-state index is -1.05. The minimum absolute atomic E-state index is 0.132. The van der Waals surface area contributed by atoms with Crippen LogP contribution < -0.4 is 5.32 Å². The van der Waals surface area contributed by atoms with Crippen molar-refractivity contribution in [2.75, 3.05) is 19.7 Å². The number of urea groups is 1. The number of hydrogen-bond donors (Lipinski definition) is 3. The van der Waals surface area contributed by atoms with E-state index in [0.717, 1.165) is 6.42 Å². The van der Waals surface area contributed by atoms with E-state index in [1.807, 2.05) is 6.92 Å². The molecule has 3 N–H and O–H groups in total. The Kier molecular flexibility index (Phi) is 7.29. The zero-order valence-electron chi connectivity index (χ0n) is 10.6. The Morgan fingerprint density at radius 2 is 1.88 bits per heavy atom. The Bertz CT molecular complexity index is 250. The molecule has 0 aromatic rings. The SMILES string of the molecule is CCCN(CCO)C(=O)N[C@H](C(=O)O)C(C)C. The average Bonchev–Trinajstić information content (AvgIpc) is 2.24. The third-order valence-corrected chi connectivity index (χ3v) is 2.36. The highest BCUT2D eigenvalue weighted by atomic mass is 16.4. The maximum absolute atomic E-state index is 11.8. The lowest BCUT2D eigenvalue weighted by Gasteiger charge is -2.25. The van der Waals surface area contributed by atoms with Gasteiger partial charge in [-0.2, -0.15) is 0 Å². The number of rotatable bonds is 7. The fraction of sp³-hybridized carbons (Fsp3) is 0.818. The van der Waals surface area contributed by atoms with E-state index in [1.54, 1.807) is 13.8 Å². The number of nitrogens with zero attached hydrogens (tertiary/aromatic N) is 1. The maximum atomic E-state index is 11.8. The first-order chi connectivity index (χ1) is 7.93. The molecule has 0 rings (SSSR count). The van der Waals surface area contributed by atoms with E-state index in [0.29, 0.717) is 6.54 Å². The molecule has 17 heavy (non-hydrogen) atoms. The number of carbonyl (C=O) groups excluding carboxylic acids is 1. The fourth-order valence-electron chi connectivity index (χ4n) is 1.44. The van der Waals surface area contributed by atoms with Crippen LogP contribution in [-0.2, 0) is 4.79 Å². The highest BCUT2D eigenvalue weighted by Gasteiger charge is 2.25. The van der Waals surface area contributed by atoms with Gasteiger partial charge in [0.05, 0.1) is 6.61 Å². The molecule has 100 valence electrons. The van der Waals surface area contributed by atoms with Crippen molar-refractivity contribution >= 4 is 12.0 Å². The lowest BCUT2D eigenvalue weighted by atomic mass is 10.1. The van der Waals surface area contributed by atoms with Crippen LogP contribution in [0.25, 0.3) is 0 Å². The third-order valence-electron chi connectivity index (χ3n) is 2.36. The Morgan fingerprint density at radius 3 is 2.24 bits per heavy atom. The van der Waals surface area contributed by atoms with E-state index in [4.69, 9.17) is 10.2 Å². The van der Waals surface area contributed by atoms with Crippen molar-refractivity contribution in [1.29, 1.82) is 0 Å². The summed E-state index contributed by atoms with van der Waals surface area (Å²) in [6.07, 6.45) is 0.757. The zero-order valence-corrected chi connectivity index (χ0v) is 10.6. The minimum Gasteiger partial charge on any atom is -0.480 e. The van der Waals surface area contributed by atoms with Crippen molar-refractivity contribution in [1.82, 2.24) is 10.2 Å². The summed E-state index contributed by atoms with van der Waals surface area (Å²) in [5, 5.41) is 20.2. The summed E-state index contributed by atoms with van der Waals surface area (Å²) in [7, 11) is 0. The molecule has 0 aliphatic rings. The second-order valence-corrected chi connectivity index (χ2v) is 4.22. The molecule has 0 fully saturated rings. The van der Waals surface area contributed by atoms with Gasteiger partial charge < -0.3 is 20.4 Å². The second kappa shape index (κ2) is 7.89. The number of aliphatic carboxylic acids is 1. The number of carboxylic acid groups (broad SMARTS) is 1. The molecule has 6 nitrogen and oxygen atoms in total. The van der Waals surface area contributed by atoms with Crippen molar-refractivity contribution in [2.45, 2.75) is 33.2 Å². The largest absolute Gasteiger partial charge is 0.480 e. The predicted molar refractivity (Wildman–Crippen MR) is 63.7 cm³/mol. The number of carboxylic acids is 1. The lowest BCUT2D eigenvalue weighted by molar-refractivity contribution is -0.140. The summed E-state index contributed by atoms with van der Waals surface area (Å²) in [6.45, 7) is 5.95. The monoisotopic (exact) mass is 246 g/mol. The zero-order chi connectivity index (χ0) is 13.4. The molecule has 0 heterocycles. The standard InChI is InChI=1S/C11H22N2O4/c1-4-5-13(6-7-14)11(17)12-9(8(2)3)10(15)16/h8-9,14H,4-7H2,1-3H3,(H,12,17)(H,15,16)/t9-/m0/s1. The third kappa shape index (κ3) is 5.53. The summed E-state index contributed by atoms with van der Waals surface area (Å²) in [5.41, 5.74) is 0. The number of nitrogens with one attached hydrogen (secondary N) is 1. The fourth-order valence-corrected chi connectivity index (χ4v) is 1.44. The molecule has 0 aliphatic carbocycles. The van der Waals surface area contributed by atoms with Gasteiger partial charge >= 0.3 is 12.0 Å². The van der Waals surface area contributed by atoms with Crippen LogP contribution >= 0.6 is 0 Å². The Morgan fingerprint density at radius 1 is 1.29 bits per heavy atom. The van der Waals surface area contributed by atoms with Crippen LogP contribution in [0.2, 0.25) is 0 Å². The molecule has 0 saturated heterocycles. The van der Waals surface area contributed by atoms with Gasteiger partial charge in [-0.15, -0.1) is 0 Å². The van der Waals surface area contributed by atoms with Crippen molar-refractivity contribution in [3.05, 3.63) is 0 Å². The van der Waals surface area contributed by atoms with Crippen molar-refractivity contribution < 1.29 is 19.8 Å². The molecular formula is C11H22N2O4. The number of aliphatic hydroxyl groups is 1. The summed E-state index contributed by atoms with van der Waals surface area (Å²) >= 11 is 0. The van der Waals surface area contributed by atoms with E-state index < -0.39 is 18.0 Å². The van der Waals surface area contributed by atoms with E-state index in [9.17, 15) is 9.59 Å². The van der Waals surface area contributed by atoms with Gasteiger partial charge in [0.2, 0.25) is 0 Å². The highest BCUT2D eigenvalue weighted by Crippen LogP contribution is 2.03. The molecule has 0 aromatic heterocycles. The normalized spacial score (nSPS) is 12.3. The molecule has 6 heteroatoms. The van der Waals surface area contributed by atoms with E-state index >= 15 is 0 Å². The molecule has 0 bridgehead atoms. The summed E-state index contributed by atoms with van der Waals surface area (Å²) < 4.78 is 0. The Labute approximate surface area is 102 Å². The highest BCUT2D eigenvalue weighted by molar-refractivity contribution is 5.82. The van der Waals surface area contributed by atoms with Gasteiger partial charge in [0, 0.05) is 13.1 Å². The van der Waals surface area contributed by atoms with Gasteiger partial charge in [-0.1, -0.05) is 20.8 Å². The molecule has 0 radical (unpaired) electrons. The maximum Gasteiger partial charge on any atom is 0.326 e. The van der Waals surface area contributed by atoms with Gasteiger partial charge in [0.25, 0.3) is 0 Å². The Balaban J connectivity index is 4.50. The van der Waals surface area contributed by atoms with Crippen LogP contribution in [0.5, 0.6) is 0 Å². The smallest absolute Gasteiger partial charge is 0.326 e. The summed E-state index contributed by atoms with van der Waals surface area (Å²) in [5.74, 6) is -1.23.